The zero-order valence-electron chi connectivity index (χ0n) is 2.79. The molecule has 0 N–H and O–H groups in total. The van der Waals surface area contributed by atoms with Crippen molar-refractivity contribution in [3.8, 4) is 0 Å². The molecule has 0 unspecified atom stereocenters. The van der Waals surface area contributed by atoms with Crippen LogP contribution in [-0.4, -0.2) is 5.75 Å². The summed E-state index contributed by atoms with van der Waals surface area (Å²) in [7, 11) is 4.20. The number of hydrogen-bond donors (Lipinski definition) is 0. The van der Waals surface area contributed by atoms with Crippen LogP contribution in [0.5, 0.6) is 0 Å². The molecule has 0 spiro atoms. The van der Waals surface area contributed by atoms with Crippen LogP contribution in [0.4, 0.5) is 0 Å². The van der Waals surface area contributed by atoms with Crippen molar-refractivity contribution in [2.24, 2.45) is 0 Å². The molecule has 5 heavy (non-hydrogen) atoms. The summed E-state index contributed by atoms with van der Waals surface area (Å²) in [4.78, 5) is 0. The monoisotopic (exact) mass is 159 g/mol. The average molecular weight is 160 g/mol. The second-order valence-electron chi connectivity index (χ2n) is 0.289. The molecule has 3 heteroatoms. The quantitative estimate of drug-likeness (QED) is 0.379. The number of hydrogen-bond acceptors (Lipinski definition) is 1. The normalized spacial score (nSPS) is 5.00. The van der Waals surface area contributed by atoms with Gasteiger partial charge in [0.1, 0.15) is 0 Å². The van der Waals surface area contributed by atoms with Gasteiger partial charge in [-0.3, -0.25) is 0 Å². The van der Waals surface area contributed by atoms with Gasteiger partial charge in [-0.25, -0.2) is 0 Å². The summed E-state index contributed by atoms with van der Waals surface area (Å²) < 4.78 is 0. The van der Waals surface area contributed by atoms with Gasteiger partial charge in [-0.05, 0) is 0 Å². The molecule has 0 atom stereocenters. The molecule has 0 aromatic carbocycles. The zero-order chi connectivity index (χ0) is 4.71. The van der Waals surface area contributed by atoms with Gasteiger partial charge >= 0.3 is 25.2 Å². The van der Waals surface area contributed by atoms with E-state index < -0.39 is 0 Å². The summed E-state index contributed by atoms with van der Waals surface area (Å²) in [6, 6.07) is 0. The van der Waals surface area contributed by atoms with E-state index >= 15 is 0 Å². The van der Waals surface area contributed by atoms with Gasteiger partial charge in [-0.1, -0.05) is 6.92 Å². The van der Waals surface area contributed by atoms with Crippen molar-refractivity contribution in [3.63, 3.8) is 0 Å². The van der Waals surface area contributed by atoms with Gasteiger partial charge in [0.05, 0.1) is 0 Å². The molecule has 0 nitrogen and oxygen atoms in total. The van der Waals surface area contributed by atoms with E-state index in [1.54, 1.807) is 0 Å². The summed E-state index contributed by atoms with van der Waals surface area (Å²) in [6.45, 7) is 1.94. The molecule has 0 rings (SSSR count). The molecule has 0 bridgehead atoms. The molecular weight excluding hydrogens is 155 g/mol. The van der Waals surface area contributed by atoms with Crippen molar-refractivity contribution >= 4 is 22.7 Å². The van der Waals surface area contributed by atoms with Crippen LogP contribution in [0.1, 0.15) is 6.92 Å². The van der Waals surface area contributed by atoms with Gasteiger partial charge in [0, 0.05) is 0 Å². The van der Waals surface area contributed by atoms with Gasteiger partial charge in [0.25, 0.3) is 0 Å². The fraction of sp³-hybridized carbons (Fsp3) is 1.00. The van der Waals surface area contributed by atoms with Crippen molar-refractivity contribution in [3.05, 3.63) is 0 Å². The van der Waals surface area contributed by atoms with E-state index in [1.165, 1.54) is 0 Å². The van der Waals surface area contributed by atoms with Crippen LogP contribution in [0, 0.1) is 0 Å². The third-order valence-electron chi connectivity index (χ3n) is 0. The Balaban J connectivity index is 0. The molecule has 37 valence electrons. The predicted octanol–water partition coefficient (Wildman–Crippen LogP) is 1.24. The van der Waals surface area contributed by atoms with Gasteiger partial charge < -0.3 is 12.6 Å². The van der Waals surface area contributed by atoms with E-state index in [-0.39, 0.29) is 0 Å². The fourth-order valence-electron chi connectivity index (χ4n) is 0. The Hall–Kier alpha value is 1.16. The topological polar surface area (TPSA) is 0 Å². The first-order valence-electron chi connectivity index (χ1n) is 1.11. The van der Waals surface area contributed by atoms with Crippen molar-refractivity contribution in [2.45, 2.75) is 6.92 Å². The molecule has 0 saturated carbocycles. The Bertz CT molecular complexity index is 9.61. The molecule has 0 radical (unpaired) electrons. The van der Waals surface area contributed by atoms with Crippen molar-refractivity contribution in [1.29, 1.82) is 0 Å². The third-order valence-corrected chi connectivity index (χ3v) is 0. The van der Waals surface area contributed by atoms with Crippen molar-refractivity contribution in [2.75, 3.05) is 5.75 Å². The van der Waals surface area contributed by atoms with Gasteiger partial charge in [-0.15, -0.1) is 0 Å². The first kappa shape index (κ1) is 9.48. The van der Waals surface area contributed by atoms with Crippen LogP contribution >= 0.6 is 10.1 Å². The number of halogens is 1. The predicted molar refractivity (Wildman–Crippen MR) is 23.8 cm³/mol. The molecule has 0 aliphatic carbocycles. The van der Waals surface area contributed by atoms with Crippen LogP contribution in [0.3, 0.4) is 0 Å². The first-order valence-corrected chi connectivity index (χ1v) is 2.98. The van der Waals surface area contributed by atoms with Crippen LogP contribution < -0.4 is 0 Å². The Morgan fingerprint density at radius 1 is 1.80 bits per heavy atom. The summed E-state index contributed by atoms with van der Waals surface area (Å²) in [5.41, 5.74) is 0. The Morgan fingerprint density at radius 2 is 1.80 bits per heavy atom. The van der Waals surface area contributed by atoms with E-state index in [0.717, 1.165) is 5.75 Å². The second-order valence-corrected chi connectivity index (χ2v) is 0.866. The summed E-state index contributed by atoms with van der Waals surface area (Å²) in [5, 5.41) is 0. The van der Waals surface area contributed by atoms with Crippen LogP contribution in [0.2, 0.25) is 0 Å². The SMILES string of the molecule is CC[S-].[Cl][Cu+]. The van der Waals surface area contributed by atoms with E-state index in [1.807, 2.05) is 6.92 Å². The van der Waals surface area contributed by atoms with Crippen LogP contribution in [0.15, 0.2) is 0 Å². The Morgan fingerprint density at radius 3 is 1.80 bits per heavy atom. The molecule has 0 amide bonds. The first-order chi connectivity index (χ1) is 2.41. The van der Waals surface area contributed by atoms with Gasteiger partial charge in [0.15, 0.2) is 0 Å². The Kier molecular flexibility index (Phi) is 36.3. The maximum atomic E-state index is 4.39. The number of rotatable bonds is 0. The molecule has 0 aliphatic rings. The summed E-state index contributed by atoms with van der Waals surface area (Å²) in [6.07, 6.45) is 0. The van der Waals surface area contributed by atoms with E-state index in [2.05, 4.69) is 37.8 Å². The van der Waals surface area contributed by atoms with E-state index in [9.17, 15) is 0 Å². The average Bonchev–Trinajstić information content (AvgIpc) is 1.46. The molecule has 0 fully saturated rings. The van der Waals surface area contributed by atoms with Crippen molar-refractivity contribution < 1.29 is 15.1 Å². The second kappa shape index (κ2) is 19.1. The molecule has 0 aromatic heterocycles. The molecule has 0 heterocycles. The standard InChI is InChI=1S/C2H6S.ClH.Cu/c1-2-3;;/h3H,2H2,1H3;1H;/q;;+2/p-2. The molecule has 0 aromatic rings. The molecule has 0 saturated heterocycles. The van der Waals surface area contributed by atoms with E-state index in [0.29, 0.717) is 0 Å². The van der Waals surface area contributed by atoms with Gasteiger partial charge in [-0.2, -0.15) is 5.75 Å². The van der Waals surface area contributed by atoms with Crippen molar-refractivity contribution in [1.82, 2.24) is 0 Å². The Labute approximate surface area is 50.7 Å². The summed E-state index contributed by atoms with van der Waals surface area (Å²) in [5.74, 6) is 0.833. The fourth-order valence-corrected chi connectivity index (χ4v) is 0. The van der Waals surface area contributed by atoms with Gasteiger partial charge in [0.2, 0.25) is 0 Å². The summed E-state index contributed by atoms with van der Waals surface area (Å²) >= 11 is 8.05. The zero-order valence-corrected chi connectivity index (χ0v) is 5.31. The minimum absolute atomic E-state index is 0.833. The van der Waals surface area contributed by atoms with Crippen LogP contribution in [-0.2, 0) is 27.7 Å². The maximum absolute atomic E-state index is 4.39. The van der Waals surface area contributed by atoms with E-state index in [4.69, 9.17) is 0 Å². The minimum atomic E-state index is 0.833. The molecule has 0 aliphatic heterocycles. The van der Waals surface area contributed by atoms with Crippen LogP contribution in [0.25, 0.3) is 0 Å². The third kappa shape index (κ3) is 38.3. The molecular formula is C2H5ClCuS.